The number of fused-ring (bicyclic) bond motifs is 1. The van der Waals surface area contributed by atoms with Crippen LogP contribution in [0.2, 0.25) is 0 Å². The van der Waals surface area contributed by atoms with E-state index in [0.29, 0.717) is 36.2 Å². The van der Waals surface area contributed by atoms with Crippen molar-refractivity contribution >= 4 is 50.0 Å². The number of amides is 1. The van der Waals surface area contributed by atoms with Crippen LogP contribution in [0.5, 0.6) is 0 Å². The first-order valence-corrected chi connectivity index (χ1v) is 13.6. The van der Waals surface area contributed by atoms with Gasteiger partial charge in [0.25, 0.3) is 5.24 Å². The first-order chi connectivity index (χ1) is 16.8. The Morgan fingerprint density at radius 1 is 1.26 bits per heavy atom. The Hall–Kier alpha value is -2.93. The fourth-order valence-corrected chi connectivity index (χ4v) is 6.18. The predicted molar refractivity (Wildman–Crippen MR) is 135 cm³/mol. The van der Waals surface area contributed by atoms with Gasteiger partial charge in [0.1, 0.15) is 0 Å². The highest BCUT2D eigenvalue weighted by Crippen LogP contribution is 2.28. The van der Waals surface area contributed by atoms with Gasteiger partial charge in [-0.25, -0.2) is 23.1 Å². The highest BCUT2D eigenvalue weighted by atomic mass is 32.2. The zero-order valence-electron chi connectivity index (χ0n) is 19.1. The van der Waals surface area contributed by atoms with E-state index in [1.807, 2.05) is 29.9 Å². The van der Waals surface area contributed by atoms with Gasteiger partial charge in [0.15, 0.2) is 6.23 Å². The number of sulfonamides is 1. The van der Waals surface area contributed by atoms with Gasteiger partial charge < -0.3 is 19.9 Å². The quantitative estimate of drug-likeness (QED) is 0.457. The fourth-order valence-electron chi connectivity index (χ4n) is 4.30. The van der Waals surface area contributed by atoms with E-state index < -0.39 is 16.3 Å². The van der Waals surface area contributed by atoms with Gasteiger partial charge in [-0.3, -0.25) is 4.79 Å². The maximum atomic E-state index is 12.8. The fraction of sp³-hybridized carbons (Fsp3) is 0.348. The number of piperidine rings is 1. The van der Waals surface area contributed by atoms with Crippen LogP contribution >= 0.6 is 11.8 Å². The summed E-state index contributed by atoms with van der Waals surface area (Å²) in [5.41, 5.74) is 1.60. The SMILES string of the molecule is Cn1ccc2cc(S(=O)(=O)NCC3CCN(c4nccc(C=C5SC(=O)NC5O)n4)CC3)ccc21. The van der Waals surface area contributed by atoms with E-state index >= 15 is 0 Å². The zero-order valence-corrected chi connectivity index (χ0v) is 20.7. The Labute approximate surface area is 207 Å². The van der Waals surface area contributed by atoms with Crippen LogP contribution in [0, 0.1) is 5.92 Å². The highest BCUT2D eigenvalue weighted by Gasteiger charge is 2.26. The summed E-state index contributed by atoms with van der Waals surface area (Å²) < 4.78 is 30.4. The molecule has 35 heavy (non-hydrogen) atoms. The zero-order chi connectivity index (χ0) is 24.6. The van der Waals surface area contributed by atoms with Gasteiger partial charge in [-0.05, 0) is 66.9 Å². The average Bonchev–Trinajstić information content (AvgIpc) is 3.38. The minimum atomic E-state index is -3.59. The molecule has 10 nitrogen and oxygen atoms in total. The lowest BCUT2D eigenvalue weighted by Crippen LogP contribution is -2.39. The summed E-state index contributed by atoms with van der Waals surface area (Å²) in [5, 5.41) is 12.9. The molecule has 0 bridgehead atoms. The largest absolute Gasteiger partial charge is 0.369 e. The lowest BCUT2D eigenvalue weighted by Gasteiger charge is -2.32. The number of carbonyl (C=O) groups is 1. The van der Waals surface area contributed by atoms with E-state index in [2.05, 4.69) is 24.9 Å². The number of hydrogen-bond acceptors (Lipinski definition) is 8. The van der Waals surface area contributed by atoms with Crippen LogP contribution in [-0.2, 0) is 17.1 Å². The summed E-state index contributed by atoms with van der Waals surface area (Å²) in [6.07, 6.45) is 5.84. The summed E-state index contributed by atoms with van der Waals surface area (Å²) in [4.78, 5) is 23.2. The Balaban J connectivity index is 1.18. The van der Waals surface area contributed by atoms with Crippen LogP contribution in [0.15, 0.2) is 52.5 Å². The maximum absolute atomic E-state index is 12.8. The summed E-state index contributed by atoms with van der Waals surface area (Å²) in [6.45, 7) is 1.80. The molecule has 1 amide bonds. The van der Waals surface area contributed by atoms with Crippen molar-refractivity contribution in [3.63, 3.8) is 0 Å². The second-order valence-corrected chi connectivity index (χ2v) is 11.5. The van der Waals surface area contributed by atoms with E-state index in [1.165, 1.54) is 0 Å². The Bertz CT molecular complexity index is 1400. The Morgan fingerprint density at radius 2 is 2.06 bits per heavy atom. The van der Waals surface area contributed by atoms with E-state index in [-0.39, 0.29) is 16.1 Å². The van der Waals surface area contributed by atoms with Crippen molar-refractivity contribution in [3.8, 4) is 0 Å². The predicted octanol–water partition coefficient (Wildman–Crippen LogP) is 2.28. The number of thioether (sulfide) groups is 1. The molecule has 1 aromatic carbocycles. The van der Waals surface area contributed by atoms with Crippen LogP contribution in [0.4, 0.5) is 10.7 Å². The van der Waals surface area contributed by atoms with Crippen molar-refractivity contribution < 1.29 is 18.3 Å². The topological polar surface area (TPSA) is 129 Å². The van der Waals surface area contributed by atoms with Gasteiger partial charge in [-0.15, -0.1) is 0 Å². The van der Waals surface area contributed by atoms with Gasteiger partial charge in [0.2, 0.25) is 16.0 Å². The number of aromatic nitrogens is 3. The molecule has 0 spiro atoms. The molecule has 12 heteroatoms. The van der Waals surface area contributed by atoms with Crippen molar-refractivity contribution in [2.75, 3.05) is 24.5 Å². The third-order valence-electron chi connectivity index (χ3n) is 6.32. The molecule has 1 unspecified atom stereocenters. The van der Waals surface area contributed by atoms with Gasteiger partial charge in [-0.1, -0.05) is 0 Å². The Morgan fingerprint density at radius 3 is 2.80 bits per heavy atom. The van der Waals surface area contributed by atoms with E-state index in [1.54, 1.807) is 30.5 Å². The number of rotatable bonds is 6. The molecule has 3 aromatic rings. The number of nitrogens with zero attached hydrogens (tertiary/aromatic N) is 4. The van der Waals surface area contributed by atoms with Crippen molar-refractivity contribution in [2.24, 2.45) is 13.0 Å². The third-order valence-corrected chi connectivity index (χ3v) is 8.62. The molecule has 0 aliphatic carbocycles. The van der Waals surface area contributed by atoms with Gasteiger partial charge >= 0.3 is 0 Å². The standard InChI is InChI=1S/C23H26N6O4S2/c1-28-9-7-16-12-18(2-3-19(16)28)35(32,33)25-14-15-5-10-29(11-6-15)22-24-8-4-17(26-22)13-20-21(30)27-23(31)34-20/h2-4,7-9,12-13,15,21,25,30H,5-6,10-11,14H2,1H3,(H,27,31). The first kappa shape index (κ1) is 23.8. The van der Waals surface area contributed by atoms with E-state index in [0.717, 1.165) is 35.5 Å². The number of benzene rings is 1. The number of aryl methyl sites for hydroxylation is 1. The second-order valence-electron chi connectivity index (χ2n) is 8.69. The molecule has 2 fully saturated rings. The number of carbonyl (C=O) groups excluding carboxylic acids is 1. The molecule has 0 radical (unpaired) electrons. The van der Waals surface area contributed by atoms with Gasteiger partial charge in [-0.2, -0.15) is 0 Å². The molecule has 184 valence electrons. The molecular weight excluding hydrogens is 488 g/mol. The van der Waals surface area contributed by atoms with E-state index in [4.69, 9.17) is 0 Å². The smallest absolute Gasteiger partial charge is 0.285 e. The van der Waals surface area contributed by atoms with E-state index in [9.17, 15) is 18.3 Å². The monoisotopic (exact) mass is 514 g/mol. The molecule has 0 saturated carbocycles. The van der Waals surface area contributed by atoms with Gasteiger partial charge in [0, 0.05) is 54.9 Å². The minimum absolute atomic E-state index is 0.217. The maximum Gasteiger partial charge on any atom is 0.285 e. The minimum Gasteiger partial charge on any atom is -0.369 e. The number of aliphatic hydroxyl groups excluding tert-OH is 1. The van der Waals surface area contributed by atoms with Gasteiger partial charge in [0.05, 0.1) is 10.6 Å². The lowest BCUT2D eigenvalue weighted by atomic mass is 9.97. The molecule has 2 aliphatic rings. The Kier molecular flexibility index (Phi) is 6.53. The highest BCUT2D eigenvalue weighted by molar-refractivity contribution is 8.17. The molecular formula is C23H26N6O4S2. The normalized spacial score (nSPS) is 20.6. The van der Waals surface area contributed by atoms with Crippen LogP contribution in [-0.4, -0.2) is 59.2 Å². The van der Waals surface area contributed by atoms with Crippen molar-refractivity contribution in [1.29, 1.82) is 0 Å². The second kappa shape index (κ2) is 9.61. The first-order valence-electron chi connectivity index (χ1n) is 11.3. The van der Waals surface area contributed by atoms with Crippen LogP contribution in [0.3, 0.4) is 0 Å². The molecule has 3 N–H and O–H groups in total. The van der Waals surface area contributed by atoms with Crippen molar-refractivity contribution in [1.82, 2.24) is 24.6 Å². The molecule has 2 aromatic heterocycles. The van der Waals surface area contributed by atoms with Crippen LogP contribution in [0.1, 0.15) is 18.5 Å². The molecule has 1 atom stereocenters. The molecule has 2 saturated heterocycles. The molecule has 4 heterocycles. The summed E-state index contributed by atoms with van der Waals surface area (Å²) in [6, 6.07) is 8.80. The van der Waals surface area contributed by atoms with Crippen molar-refractivity contribution in [2.45, 2.75) is 24.0 Å². The number of hydrogen-bond donors (Lipinski definition) is 3. The van der Waals surface area contributed by atoms with Crippen LogP contribution < -0.4 is 14.9 Å². The van der Waals surface area contributed by atoms with Crippen molar-refractivity contribution in [3.05, 3.63) is 53.3 Å². The molecule has 2 aliphatic heterocycles. The molecule has 5 rings (SSSR count). The summed E-state index contributed by atoms with van der Waals surface area (Å²) in [7, 11) is -1.66. The number of aliphatic hydroxyl groups is 1. The number of nitrogens with one attached hydrogen (secondary N) is 2. The summed E-state index contributed by atoms with van der Waals surface area (Å²) in [5.74, 6) is 0.792. The number of anilines is 1. The lowest BCUT2D eigenvalue weighted by molar-refractivity contribution is 0.192. The summed E-state index contributed by atoms with van der Waals surface area (Å²) >= 11 is 0.947. The third kappa shape index (κ3) is 5.20. The average molecular weight is 515 g/mol. The van der Waals surface area contributed by atoms with Crippen LogP contribution in [0.25, 0.3) is 17.0 Å².